The van der Waals surface area contributed by atoms with Crippen LogP contribution in [0.25, 0.3) is 34.2 Å². The van der Waals surface area contributed by atoms with Crippen molar-refractivity contribution in [1.29, 1.82) is 0 Å². The molecule has 4 rings (SSSR count). The van der Waals surface area contributed by atoms with E-state index in [9.17, 15) is 10.2 Å². The molecule has 48 heavy (non-hydrogen) atoms. The summed E-state index contributed by atoms with van der Waals surface area (Å²) in [7, 11) is 0. The molecule has 0 aliphatic heterocycles. The van der Waals surface area contributed by atoms with E-state index in [1.807, 2.05) is 18.2 Å². The van der Waals surface area contributed by atoms with Crippen molar-refractivity contribution in [3.63, 3.8) is 0 Å². The third kappa shape index (κ3) is 10.9. The molecule has 2 N–H and O–H groups in total. The van der Waals surface area contributed by atoms with E-state index in [4.69, 9.17) is 24.4 Å². The van der Waals surface area contributed by atoms with Gasteiger partial charge in [0.15, 0.2) is 17.5 Å². The third-order valence-corrected chi connectivity index (χ3v) is 8.86. The van der Waals surface area contributed by atoms with E-state index in [-0.39, 0.29) is 11.9 Å². The van der Waals surface area contributed by atoms with Crippen LogP contribution in [0.3, 0.4) is 0 Å². The largest absolute Gasteiger partial charge is 0.507 e. The molecule has 7 nitrogen and oxygen atoms in total. The summed E-state index contributed by atoms with van der Waals surface area (Å²) in [6.45, 7) is 13.2. The Kier molecular flexibility index (Phi) is 14.4. The first-order chi connectivity index (χ1) is 23.2. The minimum atomic E-state index is -0.499. The number of aliphatic hydroxyl groups excluding tert-OH is 1. The molecule has 0 spiro atoms. The van der Waals surface area contributed by atoms with Crippen LogP contribution in [0.15, 0.2) is 54.6 Å². The zero-order chi connectivity index (χ0) is 34.5. The quantitative estimate of drug-likeness (QED) is 0.0972. The molecule has 0 saturated carbocycles. The van der Waals surface area contributed by atoms with Crippen LogP contribution in [0.2, 0.25) is 0 Å². The van der Waals surface area contributed by atoms with Gasteiger partial charge in [0, 0.05) is 23.6 Å². The number of nitrogens with zero attached hydrogens (tertiary/aromatic N) is 3. The third-order valence-electron chi connectivity index (χ3n) is 8.86. The van der Waals surface area contributed by atoms with Gasteiger partial charge in [0.1, 0.15) is 11.5 Å². The van der Waals surface area contributed by atoms with E-state index < -0.39 is 6.10 Å². The molecule has 0 radical (unpaired) electrons. The molecule has 2 atom stereocenters. The second kappa shape index (κ2) is 18.7. The number of aromatic hydroxyl groups is 1. The molecular weight excluding hydrogens is 598 g/mol. The lowest BCUT2D eigenvalue weighted by atomic mass is 10.0. The summed E-state index contributed by atoms with van der Waals surface area (Å²) >= 11 is 0. The molecular formula is C41H55N3O4. The van der Waals surface area contributed by atoms with Gasteiger partial charge in [-0.15, -0.1) is 0 Å². The number of aryl methyl sites for hydroxylation is 4. The summed E-state index contributed by atoms with van der Waals surface area (Å²) < 4.78 is 12.0. The van der Waals surface area contributed by atoms with Crippen LogP contribution in [0.4, 0.5) is 0 Å². The normalized spacial score (nSPS) is 12.6. The summed E-state index contributed by atoms with van der Waals surface area (Å²) in [5.74, 6) is 2.11. The number of phenolic OH excluding ortho intramolecular Hbond substituents is 1. The molecule has 1 heterocycles. The van der Waals surface area contributed by atoms with Crippen LogP contribution in [0, 0.1) is 27.7 Å². The Bertz CT molecular complexity index is 1530. The van der Waals surface area contributed by atoms with E-state index in [0.717, 1.165) is 35.1 Å². The predicted octanol–water partition coefficient (Wildman–Crippen LogP) is 9.88. The van der Waals surface area contributed by atoms with Crippen LogP contribution in [0.1, 0.15) is 100 Å². The molecule has 0 fully saturated rings. The fourth-order valence-electron chi connectivity index (χ4n) is 6.08. The van der Waals surface area contributed by atoms with Gasteiger partial charge in [-0.25, -0.2) is 15.0 Å². The Balaban J connectivity index is 1.38. The van der Waals surface area contributed by atoms with Crippen molar-refractivity contribution in [2.45, 2.75) is 118 Å². The van der Waals surface area contributed by atoms with Crippen LogP contribution in [0.5, 0.6) is 11.5 Å². The number of benzene rings is 3. The van der Waals surface area contributed by atoms with Gasteiger partial charge < -0.3 is 19.7 Å². The predicted molar refractivity (Wildman–Crippen MR) is 196 cm³/mol. The van der Waals surface area contributed by atoms with Gasteiger partial charge in [-0.2, -0.15) is 0 Å². The van der Waals surface area contributed by atoms with Gasteiger partial charge in [0.25, 0.3) is 0 Å². The number of phenols is 1. The standard InChI is InChI=1S/C41H55N3O4/c1-7-8-9-10-11-12-13-14-16-38(32(6)45)48-24-15-23-47-33-19-22-36(37(46)27-33)41-43-39(34-20-17-28(2)25-30(34)4)42-40(44-41)35-21-18-29(3)26-31(35)5/h17-22,25-27,32,38,45-46H,7-16,23-24H2,1-6H3. The topological polar surface area (TPSA) is 97.6 Å². The summed E-state index contributed by atoms with van der Waals surface area (Å²) in [4.78, 5) is 14.6. The summed E-state index contributed by atoms with van der Waals surface area (Å²) in [6, 6.07) is 17.6. The fraction of sp³-hybridized carbons (Fsp3) is 0.488. The first-order valence-corrected chi connectivity index (χ1v) is 17.8. The van der Waals surface area contributed by atoms with Crippen molar-refractivity contribution in [1.82, 2.24) is 15.0 Å². The van der Waals surface area contributed by atoms with Crippen LogP contribution in [-0.2, 0) is 4.74 Å². The van der Waals surface area contributed by atoms with Gasteiger partial charge in [-0.05, 0) is 64.3 Å². The van der Waals surface area contributed by atoms with Crippen molar-refractivity contribution in [2.75, 3.05) is 13.2 Å². The average Bonchev–Trinajstić information content (AvgIpc) is 3.04. The molecule has 0 amide bonds. The molecule has 0 saturated heterocycles. The van der Waals surface area contributed by atoms with Gasteiger partial charge in [0.05, 0.1) is 31.0 Å². The Morgan fingerprint density at radius 3 is 1.67 bits per heavy atom. The maximum Gasteiger partial charge on any atom is 0.167 e. The van der Waals surface area contributed by atoms with E-state index in [0.29, 0.717) is 48.4 Å². The van der Waals surface area contributed by atoms with Crippen LogP contribution >= 0.6 is 0 Å². The fourth-order valence-corrected chi connectivity index (χ4v) is 6.08. The lowest BCUT2D eigenvalue weighted by Crippen LogP contribution is -2.27. The zero-order valence-electron chi connectivity index (χ0n) is 29.9. The number of hydrogen-bond acceptors (Lipinski definition) is 7. The Morgan fingerprint density at radius 2 is 1.15 bits per heavy atom. The number of ether oxygens (including phenoxy) is 2. The Morgan fingerprint density at radius 1 is 0.625 bits per heavy atom. The Labute approximate surface area is 287 Å². The summed E-state index contributed by atoms with van der Waals surface area (Å²) in [5, 5.41) is 21.3. The highest BCUT2D eigenvalue weighted by Gasteiger charge is 2.18. The van der Waals surface area contributed by atoms with Crippen molar-refractivity contribution >= 4 is 0 Å². The highest BCUT2D eigenvalue weighted by Crippen LogP contribution is 2.34. The first kappa shape index (κ1) is 37.0. The highest BCUT2D eigenvalue weighted by atomic mass is 16.5. The van der Waals surface area contributed by atoms with Gasteiger partial charge in [-0.1, -0.05) is 106 Å². The summed E-state index contributed by atoms with van der Waals surface area (Å²) in [6.07, 6.45) is 11.0. The second-order valence-corrected chi connectivity index (χ2v) is 13.2. The Hall–Kier alpha value is -3.81. The van der Waals surface area contributed by atoms with E-state index in [1.54, 1.807) is 19.1 Å². The summed E-state index contributed by atoms with van der Waals surface area (Å²) in [5.41, 5.74) is 6.83. The molecule has 0 aliphatic carbocycles. The smallest absolute Gasteiger partial charge is 0.167 e. The maximum atomic E-state index is 11.1. The number of aliphatic hydroxyl groups is 1. The highest BCUT2D eigenvalue weighted by molar-refractivity contribution is 5.72. The monoisotopic (exact) mass is 653 g/mol. The van der Waals surface area contributed by atoms with E-state index in [2.05, 4.69) is 58.9 Å². The minimum Gasteiger partial charge on any atom is -0.507 e. The molecule has 2 unspecified atom stereocenters. The molecule has 3 aromatic carbocycles. The molecule has 0 bridgehead atoms. The lowest BCUT2D eigenvalue weighted by Gasteiger charge is -2.20. The van der Waals surface area contributed by atoms with Crippen molar-refractivity contribution < 1.29 is 19.7 Å². The number of hydrogen-bond donors (Lipinski definition) is 2. The molecule has 7 heteroatoms. The number of aromatic nitrogens is 3. The van der Waals surface area contributed by atoms with Crippen LogP contribution in [-0.4, -0.2) is 50.6 Å². The van der Waals surface area contributed by atoms with E-state index >= 15 is 0 Å². The zero-order valence-corrected chi connectivity index (χ0v) is 29.9. The molecule has 0 aliphatic rings. The SMILES string of the molecule is CCCCCCCCCCC(OCCCOc1ccc(-c2nc(-c3ccc(C)cc3C)nc(-c3ccc(C)cc3C)n2)c(O)c1)C(C)O. The van der Waals surface area contributed by atoms with Gasteiger partial charge >= 0.3 is 0 Å². The van der Waals surface area contributed by atoms with Crippen molar-refractivity contribution in [2.24, 2.45) is 0 Å². The molecule has 4 aromatic rings. The van der Waals surface area contributed by atoms with Gasteiger partial charge in [-0.3, -0.25) is 0 Å². The van der Waals surface area contributed by atoms with Crippen molar-refractivity contribution in [3.8, 4) is 45.7 Å². The first-order valence-electron chi connectivity index (χ1n) is 17.8. The molecule has 258 valence electrons. The minimum absolute atomic E-state index is 0.0349. The lowest BCUT2D eigenvalue weighted by molar-refractivity contribution is -0.0375. The van der Waals surface area contributed by atoms with E-state index in [1.165, 1.54) is 56.1 Å². The second-order valence-electron chi connectivity index (χ2n) is 13.2. The average molecular weight is 654 g/mol. The van der Waals surface area contributed by atoms with Crippen LogP contribution < -0.4 is 4.74 Å². The molecule has 1 aromatic heterocycles. The van der Waals surface area contributed by atoms with Gasteiger partial charge in [0.2, 0.25) is 0 Å². The number of unbranched alkanes of at least 4 members (excludes halogenated alkanes) is 7. The number of rotatable bonds is 19. The van der Waals surface area contributed by atoms with Crippen molar-refractivity contribution in [3.05, 3.63) is 76.9 Å². The maximum absolute atomic E-state index is 11.1.